The van der Waals surface area contributed by atoms with Gasteiger partial charge in [-0.3, -0.25) is 19.7 Å². The molecule has 1 fully saturated rings. The number of unbranched alkanes of at least 4 members (excludes halogenated alkanes) is 1. The lowest BCUT2D eigenvalue weighted by atomic mass is 10.0. The SMILES string of the molecule is CN(CCCCN)Cc1cccc2c1CN(C1CCC(=O)NC1=O)C2=O. The number of hydrogen-bond acceptors (Lipinski definition) is 5. The van der Waals surface area contributed by atoms with E-state index in [0.717, 1.165) is 37.1 Å². The fraction of sp³-hybridized carbons (Fsp3) is 0.526. The Morgan fingerprint density at radius 1 is 1.27 bits per heavy atom. The number of imide groups is 1. The summed E-state index contributed by atoms with van der Waals surface area (Å²) in [7, 11) is 2.06. The van der Waals surface area contributed by atoms with E-state index in [1.807, 2.05) is 18.2 Å². The van der Waals surface area contributed by atoms with Gasteiger partial charge >= 0.3 is 0 Å². The van der Waals surface area contributed by atoms with Crippen molar-refractivity contribution in [2.24, 2.45) is 5.73 Å². The van der Waals surface area contributed by atoms with Crippen LogP contribution in [0.3, 0.4) is 0 Å². The number of rotatable bonds is 7. The molecule has 0 aliphatic carbocycles. The van der Waals surface area contributed by atoms with E-state index >= 15 is 0 Å². The zero-order valence-corrected chi connectivity index (χ0v) is 15.2. The molecule has 1 saturated heterocycles. The van der Waals surface area contributed by atoms with Crippen LogP contribution in [0.5, 0.6) is 0 Å². The Kier molecular flexibility index (Phi) is 5.68. The van der Waals surface area contributed by atoms with Gasteiger partial charge in [-0.1, -0.05) is 12.1 Å². The lowest BCUT2D eigenvalue weighted by molar-refractivity contribution is -0.136. The summed E-state index contributed by atoms with van der Waals surface area (Å²) in [5, 5.41) is 2.34. The third-order valence-electron chi connectivity index (χ3n) is 5.11. The first-order chi connectivity index (χ1) is 12.5. The number of nitrogens with two attached hydrogens (primary N) is 1. The highest BCUT2D eigenvalue weighted by Gasteiger charge is 2.39. The van der Waals surface area contributed by atoms with Crippen molar-refractivity contribution in [2.75, 3.05) is 20.1 Å². The quantitative estimate of drug-likeness (QED) is 0.550. The zero-order chi connectivity index (χ0) is 18.7. The molecule has 1 aromatic carbocycles. The monoisotopic (exact) mass is 358 g/mol. The summed E-state index contributed by atoms with van der Waals surface area (Å²) < 4.78 is 0. The van der Waals surface area contributed by atoms with E-state index in [-0.39, 0.29) is 24.1 Å². The van der Waals surface area contributed by atoms with Crippen molar-refractivity contribution in [3.63, 3.8) is 0 Å². The van der Waals surface area contributed by atoms with Gasteiger partial charge < -0.3 is 15.5 Å². The summed E-state index contributed by atoms with van der Waals surface area (Å²) in [6.45, 7) is 2.83. The molecule has 1 atom stereocenters. The number of nitrogens with one attached hydrogen (secondary N) is 1. The lowest BCUT2D eigenvalue weighted by Crippen LogP contribution is -2.52. The summed E-state index contributed by atoms with van der Waals surface area (Å²) >= 11 is 0. The zero-order valence-electron chi connectivity index (χ0n) is 15.2. The minimum absolute atomic E-state index is 0.123. The Balaban J connectivity index is 1.73. The molecule has 0 spiro atoms. The Morgan fingerprint density at radius 2 is 2.08 bits per heavy atom. The molecule has 140 valence electrons. The number of carbonyl (C=O) groups is 3. The van der Waals surface area contributed by atoms with Gasteiger partial charge in [0.1, 0.15) is 6.04 Å². The largest absolute Gasteiger partial charge is 0.330 e. The second-order valence-electron chi connectivity index (χ2n) is 7.08. The molecule has 0 saturated carbocycles. The average molecular weight is 358 g/mol. The van der Waals surface area contributed by atoms with Crippen molar-refractivity contribution in [1.29, 1.82) is 0 Å². The maximum absolute atomic E-state index is 12.8. The maximum Gasteiger partial charge on any atom is 0.255 e. The molecule has 3 N–H and O–H groups in total. The van der Waals surface area contributed by atoms with E-state index in [9.17, 15) is 14.4 Å². The number of hydrogen-bond donors (Lipinski definition) is 2. The van der Waals surface area contributed by atoms with Crippen LogP contribution in [0.25, 0.3) is 0 Å². The topological polar surface area (TPSA) is 95.7 Å². The van der Waals surface area contributed by atoms with Gasteiger partial charge in [0, 0.05) is 25.1 Å². The first kappa shape index (κ1) is 18.5. The van der Waals surface area contributed by atoms with Crippen molar-refractivity contribution in [3.05, 3.63) is 34.9 Å². The van der Waals surface area contributed by atoms with Crippen LogP contribution >= 0.6 is 0 Å². The van der Waals surface area contributed by atoms with E-state index in [1.54, 1.807) is 4.90 Å². The van der Waals surface area contributed by atoms with E-state index in [1.165, 1.54) is 0 Å². The molecule has 0 radical (unpaired) electrons. The molecule has 7 nitrogen and oxygen atoms in total. The fourth-order valence-corrected chi connectivity index (χ4v) is 3.69. The first-order valence-electron chi connectivity index (χ1n) is 9.15. The first-order valence-corrected chi connectivity index (χ1v) is 9.15. The lowest BCUT2D eigenvalue weighted by Gasteiger charge is -2.29. The molecule has 0 bridgehead atoms. The Hall–Kier alpha value is -2.25. The number of carbonyl (C=O) groups excluding carboxylic acids is 3. The number of nitrogens with zero attached hydrogens (tertiary/aromatic N) is 2. The normalized spacial score (nSPS) is 19.9. The molecule has 26 heavy (non-hydrogen) atoms. The van der Waals surface area contributed by atoms with Crippen molar-refractivity contribution < 1.29 is 14.4 Å². The molecule has 3 amide bonds. The van der Waals surface area contributed by atoms with Crippen LogP contribution in [0.4, 0.5) is 0 Å². The third kappa shape index (κ3) is 3.78. The fourth-order valence-electron chi connectivity index (χ4n) is 3.69. The van der Waals surface area contributed by atoms with E-state index < -0.39 is 6.04 Å². The average Bonchev–Trinajstić information content (AvgIpc) is 2.93. The van der Waals surface area contributed by atoms with Crippen LogP contribution in [0, 0.1) is 0 Å². The highest BCUT2D eigenvalue weighted by molar-refractivity contribution is 6.05. The molecular weight excluding hydrogens is 332 g/mol. The van der Waals surface area contributed by atoms with Gasteiger partial charge in [0.05, 0.1) is 0 Å². The summed E-state index contributed by atoms with van der Waals surface area (Å²) in [5.74, 6) is -0.764. The van der Waals surface area contributed by atoms with Gasteiger partial charge in [0.25, 0.3) is 5.91 Å². The highest BCUT2D eigenvalue weighted by Crippen LogP contribution is 2.30. The Morgan fingerprint density at radius 3 is 2.81 bits per heavy atom. The van der Waals surface area contributed by atoms with Gasteiger partial charge in [-0.05, 0) is 56.6 Å². The Labute approximate surface area is 153 Å². The number of amides is 3. The van der Waals surface area contributed by atoms with Crippen LogP contribution in [-0.4, -0.2) is 53.7 Å². The van der Waals surface area contributed by atoms with Crippen LogP contribution in [-0.2, 0) is 22.7 Å². The molecular formula is C19H26N4O3. The smallest absolute Gasteiger partial charge is 0.255 e. The van der Waals surface area contributed by atoms with Crippen LogP contribution < -0.4 is 11.1 Å². The van der Waals surface area contributed by atoms with Gasteiger partial charge in [-0.15, -0.1) is 0 Å². The molecule has 2 heterocycles. The summed E-state index contributed by atoms with van der Waals surface area (Å²) in [4.78, 5) is 40.2. The standard InChI is InChI=1S/C19H26N4O3/c1-22(10-3-2-9-20)11-13-5-4-6-14-15(13)12-23(19(14)26)16-7-8-17(24)21-18(16)25/h4-6,16H,2-3,7-12,20H2,1H3,(H,21,24,25). The van der Waals surface area contributed by atoms with E-state index in [2.05, 4.69) is 17.3 Å². The minimum atomic E-state index is -0.567. The van der Waals surface area contributed by atoms with Crippen molar-refractivity contribution in [2.45, 2.75) is 44.8 Å². The number of benzene rings is 1. The summed E-state index contributed by atoms with van der Waals surface area (Å²) in [6.07, 6.45) is 2.70. The van der Waals surface area contributed by atoms with Crippen LogP contribution in [0.1, 0.15) is 47.2 Å². The number of fused-ring (bicyclic) bond motifs is 1. The van der Waals surface area contributed by atoms with Gasteiger partial charge in [0.15, 0.2) is 0 Å². The molecule has 1 aromatic rings. The van der Waals surface area contributed by atoms with E-state index in [4.69, 9.17) is 5.73 Å². The van der Waals surface area contributed by atoms with Gasteiger partial charge in [-0.25, -0.2) is 0 Å². The predicted octanol–water partition coefficient (Wildman–Crippen LogP) is 0.618. The van der Waals surface area contributed by atoms with Crippen molar-refractivity contribution in [1.82, 2.24) is 15.1 Å². The molecule has 3 rings (SSSR count). The second kappa shape index (κ2) is 7.97. The highest BCUT2D eigenvalue weighted by atomic mass is 16.2. The molecule has 0 aromatic heterocycles. The third-order valence-corrected chi connectivity index (χ3v) is 5.11. The minimum Gasteiger partial charge on any atom is -0.330 e. The maximum atomic E-state index is 12.8. The molecule has 2 aliphatic rings. The summed E-state index contributed by atoms with van der Waals surface area (Å²) in [5.41, 5.74) is 8.32. The van der Waals surface area contributed by atoms with Gasteiger partial charge in [0.2, 0.25) is 11.8 Å². The Bertz CT molecular complexity index is 719. The number of piperidine rings is 1. The molecule has 7 heteroatoms. The van der Waals surface area contributed by atoms with Crippen LogP contribution in [0.15, 0.2) is 18.2 Å². The van der Waals surface area contributed by atoms with Crippen molar-refractivity contribution >= 4 is 17.7 Å². The summed E-state index contributed by atoms with van der Waals surface area (Å²) in [6, 6.07) is 5.19. The molecule has 2 aliphatic heterocycles. The predicted molar refractivity (Wildman–Crippen MR) is 97.1 cm³/mol. The van der Waals surface area contributed by atoms with Gasteiger partial charge in [-0.2, -0.15) is 0 Å². The van der Waals surface area contributed by atoms with Crippen molar-refractivity contribution in [3.8, 4) is 0 Å². The second-order valence-corrected chi connectivity index (χ2v) is 7.08. The van der Waals surface area contributed by atoms with E-state index in [0.29, 0.717) is 25.1 Å². The molecule has 1 unspecified atom stereocenters. The van der Waals surface area contributed by atoms with Crippen LogP contribution in [0.2, 0.25) is 0 Å².